The maximum Gasteiger partial charge on any atom is 0.251 e. The summed E-state index contributed by atoms with van der Waals surface area (Å²) in [5, 5.41) is 6.34. The molecule has 2 rings (SSSR count). The SMILES string of the molecule is CC1(NC(=O)c2ccc(CS(=O)[O-])cc2)CCNCC1. The number of hydrogen-bond donors (Lipinski definition) is 2. The fourth-order valence-corrected chi connectivity index (χ4v) is 2.80. The van der Waals surface area contributed by atoms with E-state index in [1.165, 1.54) is 0 Å². The summed E-state index contributed by atoms with van der Waals surface area (Å²) in [7, 11) is 0. The summed E-state index contributed by atoms with van der Waals surface area (Å²) in [5.74, 6) is -0.130. The lowest BCUT2D eigenvalue weighted by molar-refractivity contribution is 0.0887. The van der Waals surface area contributed by atoms with E-state index in [2.05, 4.69) is 17.6 Å². The van der Waals surface area contributed by atoms with Crippen molar-refractivity contribution in [1.29, 1.82) is 0 Å². The van der Waals surface area contributed by atoms with Crippen LogP contribution in [0, 0.1) is 0 Å². The Balaban J connectivity index is 2.00. The molecule has 5 nitrogen and oxygen atoms in total. The number of benzene rings is 1. The van der Waals surface area contributed by atoms with Crippen molar-refractivity contribution in [3.63, 3.8) is 0 Å². The highest BCUT2D eigenvalue weighted by atomic mass is 32.2. The molecule has 1 aromatic carbocycles. The lowest BCUT2D eigenvalue weighted by Gasteiger charge is -2.35. The third kappa shape index (κ3) is 4.13. The van der Waals surface area contributed by atoms with Crippen molar-refractivity contribution in [2.45, 2.75) is 31.1 Å². The Morgan fingerprint density at radius 1 is 1.35 bits per heavy atom. The zero-order valence-electron chi connectivity index (χ0n) is 11.5. The van der Waals surface area contributed by atoms with Gasteiger partial charge in [0.1, 0.15) is 0 Å². The molecule has 2 N–H and O–H groups in total. The molecule has 1 aliphatic rings. The Morgan fingerprint density at radius 2 is 1.95 bits per heavy atom. The van der Waals surface area contributed by atoms with Gasteiger partial charge in [0.05, 0.1) is 0 Å². The van der Waals surface area contributed by atoms with Gasteiger partial charge in [-0.2, -0.15) is 0 Å². The Hall–Kier alpha value is -1.24. The summed E-state index contributed by atoms with van der Waals surface area (Å²) < 4.78 is 21.2. The minimum Gasteiger partial charge on any atom is -0.772 e. The minimum atomic E-state index is -2.10. The molecule has 1 atom stereocenters. The fraction of sp³-hybridized carbons (Fsp3) is 0.500. The Labute approximate surface area is 121 Å². The van der Waals surface area contributed by atoms with Crippen molar-refractivity contribution in [2.24, 2.45) is 0 Å². The molecule has 0 aromatic heterocycles. The van der Waals surface area contributed by atoms with E-state index < -0.39 is 11.1 Å². The highest BCUT2D eigenvalue weighted by Crippen LogP contribution is 2.18. The third-order valence-electron chi connectivity index (χ3n) is 3.62. The van der Waals surface area contributed by atoms with E-state index >= 15 is 0 Å². The first-order valence-electron chi connectivity index (χ1n) is 6.67. The lowest BCUT2D eigenvalue weighted by atomic mass is 9.90. The quantitative estimate of drug-likeness (QED) is 0.810. The molecular weight excluding hydrogens is 276 g/mol. The van der Waals surface area contributed by atoms with Crippen LogP contribution in [-0.2, 0) is 16.8 Å². The molecule has 0 bridgehead atoms. The van der Waals surface area contributed by atoms with Gasteiger partial charge in [-0.25, -0.2) is 0 Å². The predicted molar refractivity (Wildman–Crippen MR) is 77.0 cm³/mol. The van der Waals surface area contributed by atoms with Crippen LogP contribution in [0.25, 0.3) is 0 Å². The molecule has 0 spiro atoms. The summed E-state index contributed by atoms with van der Waals surface area (Å²) >= 11 is -2.10. The van der Waals surface area contributed by atoms with Gasteiger partial charge in [0.25, 0.3) is 5.91 Å². The zero-order chi connectivity index (χ0) is 14.6. The molecule has 1 aromatic rings. The van der Waals surface area contributed by atoms with E-state index in [9.17, 15) is 13.6 Å². The van der Waals surface area contributed by atoms with E-state index in [-0.39, 0.29) is 17.2 Å². The monoisotopic (exact) mass is 295 g/mol. The molecule has 6 heteroatoms. The molecule has 1 saturated heterocycles. The topological polar surface area (TPSA) is 81.3 Å². The van der Waals surface area contributed by atoms with E-state index in [0.717, 1.165) is 25.9 Å². The molecule has 110 valence electrons. The normalized spacial score (nSPS) is 19.3. The number of nitrogens with one attached hydrogen (secondary N) is 2. The minimum absolute atomic E-state index is 0.0225. The summed E-state index contributed by atoms with van der Waals surface area (Å²) in [6.07, 6.45) is 1.82. The summed E-state index contributed by atoms with van der Waals surface area (Å²) in [6.45, 7) is 3.87. The molecular formula is C14H19N2O3S-. The van der Waals surface area contributed by atoms with Crippen molar-refractivity contribution in [3.8, 4) is 0 Å². The average molecular weight is 295 g/mol. The molecule has 1 fully saturated rings. The Morgan fingerprint density at radius 3 is 2.50 bits per heavy atom. The summed E-state index contributed by atoms with van der Waals surface area (Å²) in [4.78, 5) is 12.2. The van der Waals surface area contributed by atoms with Crippen LogP contribution < -0.4 is 10.6 Å². The van der Waals surface area contributed by atoms with Crippen LogP contribution >= 0.6 is 0 Å². The molecule has 1 heterocycles. The second-order valence-electron chi connectivity index (χ2n) is 5.41. The first kappa shape index (κ1) is 15.2. The van der Waals surface area contributed by atoms with Gasteiger partial charge in [-0.1, -0.05) is 23.2 Å². The molecule has 1 unspecified atom stereocenters. The third-order valence-corrected chi connectivity index (χ3v) is 4.19. The van der Waals surface area contributed by atoms with Gasteiger partial charge in [-0.05, 0) is 50.6 Å². The van der Waals surface area contributed by atoms with Crippen LogP contribution in [0.4, 0.5) is 0 Å². The van der Waals surface area contributed by atoms with E-state index in [4.69, 9.17) is 0 Å². The van der Waals surface area contributed by atoms with Crippen LogP contribution in [-0.4, -0.2) is 33.3 Å². The van der Waals surface area contributed by atoms with Crippen molar-refractivity contribution in [3.05, 3.63) is 35.4 Å². The largest absolute Gasteiger partial charge is 0.772 e. The molecule has 0 aliphatic carbocycles. The van der Waals surface area contributed by atoms with Gasteiger partial charge in [0, 0.05) is 16.9 Å². The molecule has 1 aliphatic heterocycles. The van der Waals surface area contributed by atoms with Crippen molar-refractivity contribution < 1.29 is 13.6 Å². The van der Waals surface area contributed by atoms with Crippen LogP contribution in [0.15, 0.2) is 24.3 Å². The van der Waals surface area contributed by atoms with Gasteiger partial charge >= 0.3 is 0 Å². The van der Waals surface area contributed by atoms with E-state index in [1.807, 2.05) is 0 Å². The van der Waals surface area contributed by atoms with Crippen LogP contribution in [0.5, 0.6) is 0 Å². The number of carbonyl (C=O) groups excluding carboxylic acids is 1. The first-order valence-corrected chi connectivity index (χ1v) is 7.91. The van der Waals surface area contributed by atoms with Crippen LogP contribution in [0.3, 0.4) is 0 Å². The van der Waals surface area contributed by atoms with Gasteiger partial charge in [-0.15, -0.1) is 0 Å². The maximum atomic E-state index is 12.2. The lowest BCUT2D eigenvalue weighted by Crippen LogP contribution is -2.52. The molecule has 0 radical (unpaired) electrons. The first-order chi connectivity index (χ1) is 9.48. The zero-order valence-corrected chi connectivity index (χ0v) is 12.3. The van der Waals surface area contributed by atoms with Gasteiger partial charge < -0.3 is 15.2 Å². The highest BCUT2D eigenvalue weighted by molar-refractivity contribution is 7.78. The number of hydrogen-bond acceptors (Lipinski definition) is 4. The number of rotatable bonds is 4. The standard InChI is InChI=1S/C14H20N2O3S/c1-14(6-8-15-9-7-14)16-13(17)12-4-2-11(3-5-12)10-20(18)19/h2-5,15H,6-10H2,1H3,(H,16,17)(H,18,19)/p-1. The van der Waals surface area contributed by atoms with E-state index in [1.54, 1.807) is 24.3 Å². The van der Waals surface area contributed by atoms with E-state index in [0.29, 0.717) is 11.1 Å². The Bertz CT molecular complexity index is 496. The average Bonchev–Trinajstić information content (AvgIpc) is 2.39. The fourth-order valence-electron chi connectivity index (χ4n) is 2.34. The highest BCUT2D eigenvalue weighted by Gasteiger charge is 2.28. The van der Waals surface area contributed by atoms with Crippen LogP contribution in [0.1, 0.15) is 35.7 Å². The second kappa shape index (κ2) is 6.47. The molecule has 20 heavy (non-hydrogen) atoms. The number of amides is 1. The molecule has 1 amide bonds. The number of carbonyl (C=O) groups is 1. The van der Waals surface area contributed by atoms with Crippen molar-refractivity contribution in [2.75, 3.05) is 13.1 Å². The van der Waals surface area contributed by atoms with Gasteiger partial charge in [-0.3, -0.25) is 9.00 Å². The number of piperidine rings is 1. The summed E-state index contributed by atoms with van der Waals surface area (Å²) in [5.41, 5.74) is 1.07. The van der Waals surface area contributed by atoms with Gasteiger partial charge in [0.15, 0.2) is 0 Å². The molecule has 0 saturated carbocycles. The van der Waals surface area contributed by atoms with Crippen molar-refractivity contribution >= 4 is 17.0 Å². The second-order valence-corrected chi connectivity index (χ2v) is 6.31. The van der Waals surface area contributed by atoms with Crippen LogP contribution in [0.2, 0.25) is 0 Å². The van der Waals surface area contributed by atoms with Crippen molar-refractivity contribution in [1.82, 2.24) is 10.6 Å². The van der Waals surface area contributed by atoms with Gasteiger partial charge in [0.2, 0.25) is 0 Å². The maximum absolute atomic E-state index is 12.2. The smallest absolute Gasteiger partial charge is 0.251 e. The Kier molecular flexibility index (Phi) is 4.91. The predicted octanol–water partition coefficient (Wildman–Crippen LogP) is 0.938. The summed E-state index contributed by atoms with van der Waals surface area (Å²) in [6, 6.07) is 6.69.